The summed E-state index contributed by atoms with van der Waals surface area (Å²) in [6.07, 6.45) is -5.57. The van der Waals surface area contributed by atoms with E-state index in [0.29, 0.717) is 12.7 Å². The molecule has 5 nitrogen and oxygen atoms in total. The summed E-state index contributed by atoms with van der Waals surface area (Å²) in [5.41, 5.74) is -4.08. The predicted octanol–water partition coefficient (Wildman–Crippen LogP) is 2.15. The Morgan fingerprint density at radius 1 is 1.35 bits per heavy atom. The topological polar surface area (TPSA) is 75.6 Å². The SMILES string of the molecule is COC(=O)[C@](O)([C@@H](Cl)C(=O)Nc1cc(F)ccc1C)C(F)(F)F. The van der Waals surface area contributed by atoms with Gasteiger partial charge in [-0.1, -0.05) is 6.07 Å². The van der Waals surface area contributed by atoms with Crippen LogP contribution in [0.1, 0.15) is 5.56 Å². The van der Waals surface area contributed by atoms with Gasteiger partial charge in [0.1, 0.15) is 5.82 Å². The number of esters is 1. The monoisotopic (exact) mass is 357 g/mol. The van der Waals surface area contributed by atoms with Crippen molar-refractivity contribution in [3.63, 3.8) is 0 Å². The highest BCUT2D eigenvalue weighted by Crippen LogP contribution is 2.37. The predicted molar refractivity (Wildman–Crippen MR) is 72.4 cm³/mol. The number of carbonyl (C=O) groups excluding carboxylic acids is 2. The molecule has 0 radical (unpaired) electrons. The molecule has 1 rings (SSSR count). The van der Waals surface area contributed by atoms with Crippen molar-refractivity contribution in [1.29, 1.82) is 0 Å². The third-order valence-corrected chi connectivity index (χ3v) is 3.50. The summed E-state index contributed by atoms with van der Waals surface area (Å²) in [7, 11) is 0.595. The van der Waals surface area contributed by atoms with E-state index in [4.69, 9.17) is 11.6 Å². The number of benzene rings is 1. The van der Waals surface area contributed by atoms with Crippen LogP contribution in [0.5, 0.6) is 0 Å². The second-order valence-corrected chi connectivity index (χ2v) is 5.00. The lowest BCUT2D eigenvalue weighted by molar-refractivity contribution is -0.260. The Kier molecular flexibility index (Phi) is 5.60. The van der Waals surface area contributed by atoms with Crippen molar-refractivity contribution in [2.75, 3.05) is 12.4 Å². The van der Waals surface area contributed by atoms with Gasteiger partial charge < -0.3 is 15.2 Å². The van der Waals surface area contributed by atoms with Gasteiger partial charge in [0.05, 0.1) is 7.11 Å². The number of nitrogens with one attached hydrogen (secondary N) is 1. The van der Waals surface area contributed by atoms with E-state index in [-0.39, 0.29) is 5.69 Å². The number of halogens is 5. The van der Waals surface area contributed by atoms with Crippen molar-refractivity contribution in [2.24, 2.45) is 0 Å². The maximum absolute atomic E-state index is 13.1. The Balaban J connectivity index is 3.14. The van der Waals surface area contributed by atoms with Crippen LogP contribution >= 0.6 is 11.6 Å². The van der Waals surface area contributed by atoms with E-state index >= 15 is 0 Å². The zero-order valence-electron chi connectivity index (χ0n) is 11.9. The van der Waals surface area contributed by atoms with Crippen LogP contribution < -0.4 is 5.32 Å². The van der Waals surface area contributed by atoms with Gasteiger partial charge in [-0.05, 0) is 24.6 Å². The number of ether oxygens (including phenoxy) is 1. The van der Waals surface area contributed by atoms with Crippen molar-refractivity contribution in [2.45, 2.75) is 24.1 Å². The van der Waals surface area contributed by atoms with Crippen LogP contribution in [0.2, 0.25) is 0 Å². The fourth-order valence-electron chi connectivity index (χ4n) is 1.63. The normalized spacial score (nSPS) is 15.5. The molecule has 0 bridgehead atoms. The molecule has 2 atom stereocenters. The molecule has 23 heavy (non-hydrogen) atoms. The van der Waals surface area contributed by atoms with E-state index in [1.165, 1.54) is 13.0 Å². The molecule has 0 fully saturated rings. The molecule has 0 aliphatic heterocycles. The van der Waals surface area contributed by atoms with Crippen molar-refractivity contribution in [3.8, 4) is 0 Å². The standard InChI is InChI=1S/C13H12ClF4NO4/c1-6-3-4-7(15)5-8(6)19-10(20)9(14)12(22,11(21)23-2)13(16,17)18/h3-5,9,22H,1-2H3,(H,19,20)/t9-,12+/m0/s1. The van der Waals surface area contributed by atoms with Gasteiger partial charge in [-0.15, -0.1) is 11.6 Å². The zero-order valence-corrected chi connectivity index (χ0v) is 12.6. The van der Waals surface area contributed by atoms with Gasteiger partial charge in [0.25, 0.3) is 5.60 Å². The minimum atomic E-state index is -5.57. The largest absolute Gasteiger partial charge is 0.467 e. The summed E-state index contributed by atoms with van der Waals surface area (Å²) in [6.45, 7) is 1.45. The zero-order chi connectivity index (χ0) is 18.0. The first-order chi connectivity index (χ1) is 10.4. The molecule has 0 spiro atoms. The molecule has 128 valence electrons. The van der Waals surface area contributed by atoms with Crippen molar-refractivity contribution >= 4 is 29.2 Å². The van der Waals surface area contributed by atoms with Crippen LogP contribution in [0, 0.1) is 12.7 Å². The average Bonchev–Trinajstić information content (AvgIpc) is 2.47. The molecule has 0 saturated heterocycles. The highest BCUT2D eigenvalue weighted by molar-refractivity contribution is 6.35. The third kappa shape index (κ3) is 3.73. The molecule has 0 aliphatic rings. The number of hydrogen-bond donors (Lipinski definition) is 2. The first-order valence-electron chi connectivity index (χ1n) is 6.03. The Morgan fingerprint density at radius 2 is 1.91 bits per heavy atom. The lowest BCUT2D eigenvalue weighted by atomic mass is 9.97. The lowest BCUT2D eigenvalue weighted by Crippen LogP contribution is -2.62. The maximum Gasteiger partial charge on any atom is 0.430 e. The van der Waals surface area contributed by atoms with Crippen LogP contribution in [0.4, 0.5) is 23.2 Å². The van der Waals surface area contributed by atoms with Crippen LogP contribution in [0.15, 0.2) is 18.2 Å². The Hall–Kier alpha value is -1.87. The van der Waals surface area contributed by atoms with Gasteiger partial charge >= 0.3 is 12.1 Å². The number of alkyl halides is 4. The van der Waals surface area contributed by atoms with Crippen molar-refractivity contribution in [1.82, 2.24) is 0 Å². The van der Waals surface area contributed by atoms with Gasteiger partial charge in [-0.25, -0.2) is 9.18 Å². The van der Waals surface area contributed by atoms with E-state index in [0.717, 1.165) is 12.1 Å². The number of rotatable bonds is 4. The molecule has 0 saturated carbocycles. The smallest absolute Gasteiger partial charge is 0.430 e. The Bertz CT molecular complexity index is 622. The van der Waals surface area contributed by atoms with E-state index < -0.39 is 34.8 Å². The highest BCUT2D eigenvalue weighted by atomic mass is 35.5. The van der Waals surface area contributed by atoms with E-state index in [2.05, 4.69) is 4.74 Å². The molecule has 0 heterocycles. The number of methoxy groups -OCH3 is 1. The Labute approximate surface area is 133 Å². The number of anilines is 1. The van der Waals surface area contributed by atoms with Gasteiger partial charge in [-0.3, -0.25) is 4.79 Å². The van der Waals surface area contributed by atoms with Crippen LogP contribution in [0.25, 0.3) is 0 Å². The van der Waals surface area contributed by atoms with Crippen LogP contribution in [0.3, 0.4) is 0 Å². The molecule has 10 heteroatoms. The Morgan fingerprint density at radius 3 is 2.39 bits per heavy atom. The number of hydrogen-bond acceptors (Lipinski definition) is 4. The van der Waals surface area contributed by atoms with Gasteiger partial charge in [-0.2, -0.15) is 13.2 Å². The van der Waals surface area contributed by atoms with Crippen molar-refractivity contribution in [3.05, 3.63) is 29.6 Å². The van der Waals surface area contributed by atoms with E-state index in [1.54, 1.807) is 0 Å². The molecule has 0 unspecified atom stereocenters. The molecule has 1 aromatic rings. The number of carbonyl (C=O) groups is 2. The summed E-state index contributed by atoms with van der Waals surface area (Å²) in [5, 5.41) is 8.77. The maximum atomic E-state index is 13.1. The fraction of sp³-hybridized carbons (Fsp3) is 0.385. The average molecular weight is 358 g/mol. The quantitative estimate of drug-likeness (QED) is 0.492. The number of amides is 1. The minimum absolute atomic E-state index is 0.157. The minimum Gasteiger partial charge on any atom is -0.467 e. The summed E-state index contributed by atoms with van der Waals surface area (Å²) in [6, 6.07) is 3.19. The molecule has 2 N–H and O–H groups in total. The molecule has 0 aliphatic carbocycles. The van der Waals surface area contributed by atoms with Crippen LogP contribution in [-0.2, 0) is 14.3 Å². The first kappa shape index (κ1) is 19.2. The third-order valence-electron chi connectivity index (χ3n) is 2.98. The van der Waals surface area contributed by atoms with Crippen LogP contribution in [-0.4, -0.2) is 41.2 Å². The molecule has 0 aromatic heterocycles. The molecule has 1 amide bonds. The fourth-order valence-corrected chi connectivity index (χ4v) is 1.90. The van der Waals surface area contributed by atoms with E-state index in [9.17, 15) is 32.3 Å². The van der Waals surface area contributed by atoms with Crippen molar-refractivity contribution < 1.29 is 37.0 Å². The molecule has 1 aromatic carbocycles. The van der Waals surface area contributed by atoms with Gasteiger partial charge in [0, 0.05) is 5.69 Å². The lowest BCUT2D eigenvalue weighted by Gasteiger charge is -2.30. The summed E-state index contributed by atoms with van der Waals surface area (Å²) in [5.74, 6) is -4.45. The van der Waals surface area contributed by atoms with Gasteiger partial charge in [0.2, 0.25) is 5.91 Å². The highest BCUT2D eigenvalue weighted by Gasteiger charge is 2.67. The molecular formula is C13H12ClF4NO4. The summed E-state index contributed by atoms with van der Waals surface area (Å²) >= 11 is 5.36. The first-order valence-corrected chi connectivity index (χ1v) is 6.47. The second kappa shape index (κ2) is 6.71. The summed E-state index contributed by atoms with van der Waals surface area (Å²) < 4.78 is 55.9. The van der Waals surface area contributed by atoms with Gasteiger partial charge in [0.15, 0.2) is 5.38 Å². The number of aliphatic hydroxyl groups is 1. The molecular weight excluding hydrogens is 346 g/mol. The number of aryl methyl sites for hydroxylation is 1. The van der Waals surface area contributed by atoms with E-state index in [1.807, 2.05) is 5.32 Å². The summed E-state index contributed by atoms with van der Waals surface area (Å²) in [4.78, 5) is 23.1. The second-order valence-electron chi connectivity index (χ2n) is 4.57.